The van der Waals surface area contributed by atoms with E-state index in [2.05, 4.69) is 25.8 Å². The number of aromatic nitrogens is 5. The van der Waals surface area contributed by atoms with Crippen LogP contribution in [0.1, 0.15) is 43.7 Å². The molecular formula is C27H30N8O3S. The van der Waals surface area contributed by atoms with Crippen molar-refractivity contribution in [2.45, 2.75) is 38.6 Å². The average Bonchev–Trinajstić information content (AvgIpc) is 3.72. The highest BCUT2D eigenvalue weighted by atomic mass is 32.1. The van der Waals surface area contributed by atoms with Crippen molar-refractivity contribution < 1.29 is 14.3 Å². The molecule has 1 atom stereocenters. The smallest absolute Gasteiger partial charge is 0.269 e. The SMILES string of the molecule is CNCC(=O)N=C(C(=O)N1CCC[C@H]1c1nc(-c2cc3nnnn3c3ccccc23)cs1)C1(C)CCOCC1. The lowest BCUT2D eigenvalue weighted by atomic mass is 9.77. The highest BCUT2D eigenvalue weighted by Gasteiger charge is 2.42. The minimum absolute atomic E-state index is 0.0858. The van der Waals surface area contributed by atoms with Crippen LogP contribution < -0.4 is 5.32 Å². The molecule has 0 spiro atoms. The fourth-order valence-corrected chi connectivity index (χ4v) is 6.51. The summed E-state index contributed by atoms with van der Waals surface area (Å²) < 4.78 is 7.28. The maximum Gasteiger partial charge on any atom is 0.269 e. The van der Waals surface area contributed by atoms with E-state index in [1.807, 2.05) is 47.5 Å². The third kappa shape index (κ3) is 4.72. The third-order valence-corrected chi connectivity index (χ3v) is 8.67. The van der Waals surface area contributed by atoms with Crippen LogP contribution in [0.2, 0.25) is 0 Å². The van der Waals surface area contributed by atoms with Gasteiger partial charge in [-0.1, -0.05) is 25.1 Å². The molecule has 1 aromatic carbocycles. The summed E-state index contributed by atoms with van der Waals surface area (Å²) >= 11 is 1.55. The van der Waals surface area contributed by atoms with E-state index in [1.54, 1.807) is 22.9 Å². The molecule has 0 aliphatic carbocycles. The summed E-state index contributed by atoms with van der Waals surface area (Å²) in [6.45, 7) is 3.80. The zero-order valence-corrected chi connectivity index (χ0v) is 22.8. The van der Waals surface area contributed by atoms with Crippen molar-refractivity contribution in [2.75, 3.05) is 33.4 Å². The summed E-state index contributed by atoms with van der Waals surface area (Å²) in [5, 5.41) is 18.8. The predicted molar refractivity (Wildman–Crippen MR) is 148 cm³/mol. The predicted octanol–water partition coefficient (Wildman–Crippen LogP) is 3.07. The number of tetrazole rings is 1. The number of ether oxygens (including phenoxy) is 1. The zero-order chi connectivity index (χ0) is 27.0. The molecule has 0 bridgehead atoms. The molecule has 6 rings (SSSR count). The molecule has 12 heteroatoms. The van der Waals surface area contributed by atoms with Gasteiger partial charge in [0.2, 0.25) is 0 Å². The number of nitrogens with zero attached hydrogens (tertiary/aromatic N) is 7. The lowest BCUT2D eigenvalue weighted by Crippen LogP contribution is -2.46. The van der Waals surface area contributed by atoms with E-state index in [0.29, 0.717) is 44.0 Å². The first kappa shape index (κ1) is 25.7. The van der Waals surface area contributed by atoms with Crippen molar-refractivity contribution in [3.05, 3.63) is 40.7 Å². The van der Waals surface area contributed by atoms with Gasteiger partial charge < -0.3 is 15.0 Å². The molecule has 3 aromatic heterocycles. The molecule has 2 aliphatic rings. The van der Waals surface area contributed by atoms with Crippen LogP contribution >= 0.6 is 11.3 Å². The Labute approximate surface area is 229 Å². The maximum atomic E-state index is 14.1. The number of thiazole rings is 1. The normalized spacial score (nSPS) is 19.7. The van der Waals surface area contributed by atoms with Gasteiger partial charge in [-0.15, -0.1) is 16.4 Å². The van der Waals surface area contributed by atoms with E-state index < -0.39 is 5.41 Å². The summed E-state index contributed by atoms with van der Waals surface area (Å²) in [5.74, 6) is -0.518. The van der Waals surface area contributed by atoms with Gasteiger partial charge in [-0.2, -0.15) is 4.52 Å². The lowest BCUT2D eigenvalue weighted by molar-refractivity contribution is -0.126. The molecular weight excluding hydrogens is 516 g/mol. The second kappa shape index (κ2) is 10.5. The summed E-state index contributed by atoms with van der Waals surface area (Å²) in [6.07, 6.45) is 2.97. The van der Waals surface area contributed by atoms with E-state index in [9.17, 15) is 9.59 Å². The summed E-state index contributed by atoms with van der Waals surface area (Å²) in [4.78, 5) is 37.9. The Morgan fingerprint density at radius 3 is 2.90 bits per heavy atom. The van der Waals surface area contributed by atoms with E-state index >= 15 is 0 Å². The van der Waals surface area contributed by atoms with Crippen LogP contribution in [0, 0.1) is 5.41 Å². The van der Waals surface area contributed by atoms with Crippen LogP contribution in [-0.2, 0) is 14.3 Å². The second-order valence-electron chi connectivity index (χ2n) is 10.3. The van der Waals surface area contributed by atoms with Gasteiger partial charge in [0.15, 0.2) is 5.65 Å². The Bertz CT molecular complexity index is 1570. The van der Waals surface area contributed by atoms with Crippen molar-refractivity contribution in [3.63, 3.8) is 0 Å². The first-order valence-corrected chi connectivity index (χ1v) is 14.1. The van der Waals surface area contributed by atoms with Crippen molar-refractivity contribution in [1.29, 1.82) is 0 Å². The fourth-order valence-electron chi connectivity index (χ4n) is 5.54. The summed E-state index contributed by atoms with van der Waals surface area (Å²) in [6, 6.07) is 9.74. The number of hydrogen-bond acceptors (Lipinski definition) is 9. The largest absolute Gasteiger partial charge is 0.381 e. The van der Waals surface area contributed by atoms with Gasteiger partial charge >= 0.3 is 0 Å². The third-order valence-electron chi connectivity index (χ3n) is 7.72. The molecule has 4 aromatic rings. The standard InChI is InChI=1S/C27H30N8O3S/c1-27(9-12-38-13-10-27)24(30-23(36)15-28-2)26(37)34-11-5-8-21(34)25-29-19(16-39-25)18-14-22-31-32-33-35(22)20-7-4-3-6-17(18)20/h3-4,6-7,14,16,21,28H,5,8-13,15H2,1-2H3/t21-/m0/s1. The maximum absolute atomic E-state index is 14.1. The van der Waals surface area contributed by atoms with Gasteiger partial charge in [0.25, 0.3) is 11.8 Å². The molecule has 202 valence electrons. The summed E-state index contributed by atoms with van der Waals surface area (Å²) in [7, 11) is 1.70. The van der Waals surface area contributed by atoms with Gasteiger partial charge in [-0.25, -0.2) is 9.98 Å². The number of para-hydroxylation sites is 1. The van der Waals surface area contributed by atoms with E-state index in [-0.39, 0.29) is 24.4 Å². The van der Waals surface area contributed by atoms with Gasteiger partial charge in [-0.05, 0) is 55.3 Å². The van der Waals surface area contributed by atoms with Crippen molar-refractivity contribution in [1.82, 2.24) is 35.2 Å². The Morgan fingerprint density at radius 1 is 1.26 bits per heavy atom. The van der Waals surface area contributed by atoms with Gasteiger partial charge in [0.1, 0.15) is 10.7 Å². The number of carbonyl (C=O) groups is 2. The molecule has 2 aliphatic heterocycles. The van der Waals surface area contributed by atoms with Gasteiger partial charge in [0, 0.05) is 41.5 Å². The van der Waals surface area contributed by atoms with Crippen LogP contribution in [0.25, 0.3) is 27.8 Å². The monoisotopic (exact) mass is 546 g/mol. The van der Waals surface area contributed by atoms with Crippen LogP contribution in [0.15, 0.2) is 40.7 Å². The van der Waals surface area contributed by atoms with Crippen molar-refractivity contribution in [2.24, 2.45) is 10.4 Å². The molecule has 11 nitrogen and oxygen atoms in total. The minimum atomic E-state index is -0.513. The van der Waals surface area contributed by atoms with Crippen molar-refractivity contribution >= 4 is 45.4 Å². The van der Waals surface area contributed by atoms with Crippen LogP contribution in [-0.4, -0.2) is 80.8 Å². The molecule has 0 saturated carbocycles. The van der Waals surface area contributed by atoms with Gasteiger partial charge in [0.05, 0.1) is 23.8 Å². The number of carbonyl (C=O) groups excluding carboxylic acids is 2. The number of hydrogen-bond donors (Lipinski definition) is 1. The van der Waals surface area contributed by atoms with Crippen LogP contribution in [0.3, 0.4) is 0 Å². The number of pyridine rings is 1. The first-order chi connectivity index (χ1) is 19.0. The number of benzene rings is 1. The number of aliphatic imine (C=N–C) groups is 1. The lowest BCUT2D eigenvalue weighted by Gasteiger charge is -2.36. The van der Waals surface area contributed by atoms with E-state index in [4.69, 9.17) is 9.72 Å². The van der Waals surface area contributed by atoms with Crippen molar-refractivity contribution in [3.8, 4) is 11.3 Å². The highest BCUT2D eigenvalue weighted by molar-refractivity contribution is 7.10. The van der Waals surface area contributed by atoms with Crippen LogP contribution in [0.4, 0.5) is 0 Å². The fraction of sp³-hybridized carbons (Fsp3) is 0.444. The zero-order valence-electron chi connectivity index (χ0n) is 22.0. The highest BCUT2D eigenvalue weighted by Crippen LogP contribution is 2.40. The molecule has 39 heavy (non-hydrogen) atoms. The average molecular weight is 547 g/mol. The van der Waals surface area contributed by atoms with Crippen LogP contribution in [0.5, 0.6) is 0 Å². The summed E-state index contributed by atoms with van der Waals surface area (Å²) in [5.41, 5.74) is 3.14. The van der Waals surface area contributed by atoms with E-state index in [0.717, 1.165) is 40.0 Å². The molecule has 5 heterocycles. The molecule has 1 N–H and O–H groups in total. The number of rotatable bonds is 6. The Hall–Kier alpha value is -3.61. The first-order valence-electron chi connectivity index (χ1n) is 13.2. The number of nitrogens with one attached hydrogen (secondary N) is 1. The minimum Gasteiger partial charge on any atom is -0.381 e. The number of likely N-dealkylation sites (tertiary alicyclic amines) is 1. The number of amides is 2. The van der Waals surface area contributed by atoms with Gasteiger partial charge in [-0.3, -0.25) is 9.59 Å². The number of likely N-dealkylation sites (N-methyl/N-ethyl adjacent to an activating group) is 1. The quantitative estimate of drug-likeness (QED) is 0.366. The Morgan fingerprint density at radius 2 is 2.08 bits per heavy atom. The number of fused-ring (bicyclic) bond motifs is 3. The molecule has 2 amide bonds. The molecule has 0 unspecified atom stereocenters. The second-order valence-corrected chi connectivity index (χ2v) is 11.2. The topological polar surface area (TPSA) is 127 Å². The Balaban J connectivity index is 1.34. The molecule has 0 radical (unpaired) electrons. The molecule has 2 fully saturated rings. The Kier molecular flexibility index (Phi) is 6.92. The van der Waals surface area contributed by atoms with E-state index in [1.165, 1.54) is 0 Å². The molecule has 2 saturated heterocycles.